The fourth-order valence-corrected chi connectivity index (χ4v) is 7.95. The lowest BCUT2D eigenvalue weighted by atomic mass is 10.0. The Kier molecular flexibility index (Phi) is 6.79. The quantitative estimate of drug-likeness (QED) is 0.174. The number of benzene rings is 8. The SMILES string of the molecule is c1ccc(-c2ccc(N(c3ccc(-c4ccccc4)cc3)c3ccc4c(c3)n3c5ccccc5nc3n4-c3ccc4c(c3)oc3ccccc34)cc2)cc1. The molecule has 0 fully saturated rings. The number of hydrogen-bond donors (Lipinski definition) is 0. The summed E-state index contributed by atoms with van der Waals surface area (Å²) in [6.45, 7) is 0. The Morgan fingerprint density at radius 3 is 1.69 bits per heavy atom. The molecule has 0 atom stereocenters. The highest BCUT2D eigenvalue weighted by molar-refractivity contribution is 6.05. The molecule has 3 heterocycles. The van der Waals surface area contributed by atoms with E-state index < -0.39 is 0 Å². The van der Waals surface area contributed by atoms with Crippen LogP contribution in [0.5, 0.6) is 0 Å². The zero-order valence-corrected chi connectivity index (χ0v) is 29.2. The first-order valence-corrected chi connectivity index (χ1v) is 18.2. The van der Waals surface area contributed by atoms with Crippen molar-refractivity contribution in [3.63, 3.8) is 0 Å². The zero-order chi connectivity index (χ0) is 35.6. The van der Waals surface area contributed by atoms with E-state index >= 15 is 0 Å². The lowest BCUT2D eigenvalue weighted by Crippen LogP contribution is -2.10. The van der Waals surface area contributed by atoms with Crippen molar-refractivity contribution in [3.8, 4) is 27.9 Å². The van der Waals surface area contributed by atoms with Crippen molar-refractivity contribution < 1.29 is 4.42 Å². The topological polar surface area (TPSA) is 38.6 Å². The van der Waals surface area contributed by atoms with Crippen LogP contribution in [0.15, 0.2) is 199 Å². The van der Waals surface area contributed by atoms with E-state index in [1.54, 1.807) is 0 Å². The molecular weight excluding hydrogens is 661 g/mol. The fraction of sp³-hybridized carbons (Fsp3) is 0. The molecule has 0 unspecified atom stereocenters. The predicted octanol–water partition coefficient (Wildman–Crippen LogP) is 13.1. The molecule has 5 nitrogen and oxygen atoms in total. The number of furan rings is 1. The predicted molar refractivity (Wildman–Crippen MR) is 222 cm³/mol. The van der Waals surface area contributed by atoms with Gasteiger partial charge in [0.2, 0.25) is 5.78 Å². The molecule has 0 radical (unpaired) electrons. The van der Waals surface area contributed by atoms with Gasteiger partial charge in [-0.3, -0.25) is 8.97 Å². The van der Waals surface area contributed by atoms with E-state index in [1.165, 1.54) is 22.3 Å². The third-order valence-corrected chi connectivity index (χ3v) is 10.5. The summed E-state index contributed by atoms with van der Waals surface area (Å²) >= 11 is 0. The van der Waals surface area contributed by atoms with Gasteiger partial charge in [-0.2, -0.15) is 0 Å². The standard InChI is InChI=1S/C49H32N4O/c1-3-11-33(12-4-1)35-19-23-37(24-20-35)51(38-25-21-36(22-26-38)34-13-5-2-6-14-34)39-28-30-45-46(31-39)53-44-17-9-8-16-43(44)50-49(53)52(45)40-27-29-42-41-15-7-10-18-47(41)54-48(42)32-40/h1-32H. The van der Waals surface area contributed by atoms with Gasteiger partial charge in [0.1, 0.15) is 11.2 Å². The summed E-state index contributed by atoms with van der Waals surface area (Å²) < 4.78 is 10.9. The summed E-state index contributed by atoms with van der Waals surface area (Å²) in [5.41, 5.74) is 14.8. The van der Waals surface area contributed by atoms with Crippen LogP contribution in [-0.2, 0) is 0 Å². The molecule has 0 aliphatic carbocycles. The van der Waals surface area contributed by atoms with E-state index in [0.717, 1.165) is 72.5 Å². The first kappa shape index (κ1) is 30.3. The van der Waals surface area contributed by atoms with Gasteiger partial charge in [-0.05, 0) is 95.1 Å². The highest BCUT2D eigenvalue weighted by Crippen LogP contribution is 2.40. The highest BCUT2D eigenvalue weighted by Gasteiger charge is 2.21. The van der Waals surface area contributed by atoms with Crippen molar-refractivity contribution in [3.05, 3.63) is 194 Å². The van der Waals surface area contributed by atoms with Gasteiger partial charge in [0, 0.05) is 33.9 Å². The number of para-hydroxylation sites is 3. The summed E-state index contributed by atoms with van der Waals surface area (Å²) in [5, 5.41) is 2.22. The van der Waals surface area contributed by atoms with Crippen molar-refractivity contribution in [2.24, 2.45) is 0 Å². The molecule has 0 saturated heterocycles. The number of anilines is 3. The molecule has 5 heteroatoms. The van der Waals surface area contributed by atoms with Crippen LogP contribution in [0.25, 0.3) is 77.7 Å². The molecule has 254 valence electrons. The molecule has 0 N–H and O–H groups in total. The van der Waals surface area contributed by atoms with Gasteiger partial charge in [0.05, 0.1) is 27.8 Å². The summed E-state index contributed by atoms with van der Waals surface area (Å²) in [4.78, 5) is 7.54. The van der Waals surface area contributed by atoms with E-state index in [-0.39, 0.29) is 0 Å². The Bertz CT molecular complexity index is 3050. The molecule has 0 spiro atoms. The van der Waals surface area contributed by atoms with Gasteiger partial charge >= 0.3 is 0 Å². The van der Waals surface area contributed by atoms with E-state index in [4.69, 9.17) is 9.40 Å². The molecule has 0 bridgehead atoms. The average molecular weight is 693 g/mol. The normalized spacial score (nSPS) is 11.7. The molecule has 8 aromatic carbocycles. The lowest BCUT2D eigenvalue weighted by Gasteiger charge is -2.26. The van der Waals surface area contributed by atoms with Crippen LogP contribution in [-0.4, -0.2) is 14.0 Å². The number of hydrogen-bond acceptors (Lipinski definition) is 3. The smallest absolute Gasteiger partial charge is 0.220 e. The van der Waals surface area contributed by atoms with Gasteiger partial charge in [-0.15, -0.1) is 0 Å². The van der Waals surface area contributed by atoms with Crippen LogP contribution in [0, 0.1) is 0 Å². The maximum atomic E-state index is 6.35. The Balaban J connectivity index is 1.11. The Labute approximate surface area is 311 Å². The highest BCUT2D eigenvalue weighted by atomic mass is 16.3. The molecule has 3 aromatic heterocycles. The summed E-state index contributed by atoms with van der Waals surface area (Å²) in [5.74, 6) is 0.852. The van der Waals surface area contributed by atoms with Crippen molar-refractivity contribution in [1.82, 2.24) is 14.0 Å². The molecule has 0 saturated carbocycles. The minimum Gasteiger partial charge on any atom is -0.456 e. The molecule has 0 aliphatic rings. The Morgan fingerprint density at radius 2 is 0.981 bits per heavy atom. The van der Waals surface area contributed by atoms with Crippen LogP contribution in [0.2, 0.25) is 0 Å². The van der Waals surface area contributed by atoms with Gasteiger partial charge in [0.15, 0.2) is 0 Å². The van der Waals surface area contributed by atoms with Crippen LogP contribution >= 0.6 is 0 Å². The van der Waals surface area contributed by atoms with Gasteiger partial charge in [-0.1, -0.05) is 115 Å². The van der Waals surface area contributed by atoms with Crippen LogP contribution in [0.4, 0.5) is 17.1 Å². The number of fused-ring (bicyclic) bond motifs is 8. The molecule has 11 rings (SSSR count). The third-order valence-electron chi connectivity index (χ3n) is 10.5. The van der Waals surface area contributed by atoms with Crippen molar-refractivity contribution in [1.29, 1.82) is 0 Å². The maximum Gasteiger partial charge on any atom is 0.220 e. The molecule has 54 heavy (non-hydrogen) atoms. The van der Waals surface area contributed by atoms with E-state index in [9.17, 15) is 0 Å². The molecule has 0 aliphatic heterocycles. The van der Waals surface area contributed by atoms with Gasteiger partial charge in [-0.25, -0.2) is 4.98 Å². The van der Waals surface area contributed by atoms with Crippen LogP contribution < -0.4 is 4.90 Å². The number of aromatic nitrogens is 3. The Hall–Kier alpha value is -7.37. The molecular formula is C49H32N4O. The first-order valence-electron chi connectivity index (χ1n) is 18.2. The summed E-state index contributed by atoms with van der Waals surface area (Å²) in [6.07, 6.45) is 0. The third kappa shape index (κ3) is 4.83. The number of imidazole rings is 2. The maximum absolute atomic E-state index is 6.35. The summed E-state index contributed by atoms with van der Waals surface area (Å²) in [6, 6.07) is 68.5. The van der Waals surface area contributed by atoms with Gasteiger partial charge in [0.25, 0.3) is 0 Å². The largest absolute Gasteiger partial charge is 0.456 e. The second-order valence-electron chi connectivity index (χ2n) is 13.7. The fourth-order valence-electron chi connectivity index (χ4n) is 7.95. The van der Waals surface area contributed by atoms with E-state index in [1.807, 2.05) is 18.2 Å². The van der Waals surface area contributed by atoms with E-state index in [0.29, 0.717) is 0 Å². The summed E-state index contributed by atoms with van der Waals surface area (Å²) in [7, 11) is 0. The lowest BCUT2D eigenvalue weighted by molar-refractivity contribution is 0.668. The minimum absolute atomic E-state index is 0.852. The second kappa shape index (κ2) is 12.1. The van der Waals surface area contributed by atoms with Crippen LogP contribution in [0.1, 0.15) is 0 Å². The zero-order valence-electron chi connectivity index (χ0n) is 29.2. The Morgan fingerprint density at radius 1 is 0.407 bits per heavy atom. The van der Waals surface area contributed by atoms with Gasteiger partial charge < -0.3 is 9.32 Å². The second-order valence-corrected chi connectivity index (χ2v) is 13.7. The minimum atomic E-state index is 0.852. The molecule has 0 amide bonds. The first-order chi connectivity index (χ1) is 26.8. The van der Waals surface area contributed by atoms with Crippen molar-refractivity contribution >= 4 is 66.8 Å². The van der Waals surface area contributed by atoms with Crippen LogP contribution in [0.3, 0.4) is 0 Å². The van der Waals surface area contributed by atoms with E-state index in [2.05, 4.69) is 190 Å². The van der Waals surface area contributed by atoms with Crippen molar-refractivity contribution in [2.75, 3.05) is 4.90 Å². The number of nitrogens with zero attached hydrogens (tertiary/aromatic N) is 4. The monoisotopic (exact) mass is 692 g/mol. The number of rotatable bonds is 6. The average Bonchev–Trinajstić information content (AvgIpc) is 3.90. The molecule has 11 aromatic rings. The van der Waals surface area contributed by atoms with Crippen molar-refractivity contribution in [2.45, 2.75) is 0 Å².